The van der Waals surface area contributed by atoms with Gasteiger partial charge in [-0.3, -0.25) is 4.68 Å². The summed E-state index contributed by atoms with van der Waals surface area (Å²) in [4.78, 5) is 0. The number of aromatic nitrogens is 2. The Morgan fingerprint density at radius 3 is 2.80 bits per heavy atom. The molecular formula is C13H14ClN3O3. The molecule has 0 saturated carbocycles. The van der Waals surface area contributed by atoms with Crippen molar-refractivity contribution in [3.8, 4) is 28.5 Å². The maximum atomic E-state index is 10.2. The van der Waals surface area contributed by atoms with E-state index in [-0.39, 0.29) is 10.8 Å². The molecule has 0 spiro atoms. The van der Waals surface area contributed by atoms with Crippen LogP contribution >= 0.6 is 11.6 Å². The number of hydrogen-bond donors (Lipinski definition) is 2. The number of nitrogens with two attached hydrogens (primary N) is 1. The van der Waals surface area contributed by atoms with Gasteiger partial charge in [-0.05, 0) is 0 Å². The molecular weight excluding hydrogens is 282 g/mol. The van der Waals surface area contributed by atoms with Crippen LogP contribution in [0.1, 0.15) is 6.42 Å². The van der Waals surface area contributed by atoms with E-state index in [4.69, 9.17) is 26.8 Å². The Morgan fingerprint density at radius 2 is 2.10 bits per heavy atom. The molecule has 3 rings (SSSR count). The van der Waals surface area contributed by atoms with Crippen molar-refractivity contribution >= 4 is 17.4 Å². The summed E-state index contributed by atoms with van der Waals surface area (Å²) < 4.78 is 12.8. The Labute approximate surface area is 120 Å². The van der Waals surface area contributed by atoms with E-state index in [1.165, 1.54) is 4.68 Å². The Kier molecular flexibility index (Phi) is 3.10. The van der Waals surface area contributed by atoms with E-state index in [1.54, 1.807) is 19.2 Å². The van der Waals surface area contributed by atoms with Gasteiger partial charge in [0.25, 0.3) is 0 Å². The summed E-state index contributed by atoms with van der Waals surface area (Å²) in [6, 6.07) is 3.20. The highest BCUT2D eigenvalue weighted by atomic mass is 35.5. The quantitative estimate of drug-likeness (QED) is 0.842. The lowest BCUT2D eigenvalue weighted by molar-refractivity contribution is 0.297. The zero-order chi connectivity index (χ0) is 14.3. The molecule has 0 aliphatic carbocycles. The maximum Gasteiger partial charge on any atom is 0.174 e. The van der Waals surface area contributed by atoms with Crippen LogP contribution in [0.4, 0.5) is 5.82 Å². The van der Waals surface area contributed by atoms with Crippen molar-refractivity contribution in [2.75, 3.05) is 18.9 Å². The number of hydrogen-bond acceptors (Lipinski definition) is 5. The molecule has 0 atom stereocenters. The first-order chi connectivity index (χ1) is 9.58. The number of benzene rings is 1. The molecule has 20 heavy (non-hydrogen) atoms. The van der Waals surface area contributed by atoms with Crippen molar-refractivity contribution in [1.29, 1.82) is 0 Å². The van der Waals surface area contributed by atoms with Crippen LogP contribution in [-0.2, 0) is 7.05 Å². The van der Waals surface area contributed by atoms with Crippen LogP contribution in [0.25, 0.3) is 11.3 Å². The molecule has 2 heterocycles. The van der Waals surface area contributed by atoms with Crippen molar-refractivity contribution in [3.05, 3.63) is 17.2 Å². The Balaban J connectivity index is 2.25. The first kappa shape index (κ1) is 12.9. The summed E-state index contributed by atoms with van der Waals surface area (Å²) in [5.74, 6) is 1.34. The smallest absolute Gasteiger partial charge is 0.174 e. The van der Waals surface area contributed by atoms with Crippen LogP contribution in [0.3, 0.4) is 0 Å². The number of aromatic hydroxyl groups is 1. The monoisotopic (exact) mass is 295 g/mol. The van der Waals surface area contributed by atoms with Crippen LogP contribution in [0, 0.1) is 0 Å². The molecule has 1 aromatic carbocycles. The summed E-state index contributed by atoms with van der Waals surface area (Å²) >= 11 is 6.05. The van der Waals surface area contributed by atoms with Crippen molar-refractivity contribution in [2.24, 2.45) is 7.05 Å². The molecule has 106 valence electrons. The Morgan fingerprint density at radius 1 is 1.35 bits per heavy atom. The topological polar surface area (TPSA) is 82.5 Å². The molecule has 1 aliphatic heterocycles. The number of fused-ring (bicyclic) bond motifs is 1. The number of phenolic OH excluding ortho intramolecular Hbond substituents is 1. The number of phenols is 1. The van der Waals surface area contributed by atoms with Crippen LogP contribution in [0.5, 0.6) is 17.2 Å². The van der Waals surface area contributed by atoms with Crippen LogP contribution < -0.4 is 15.2 Å². The fraction of sp³-hybridized carbons (Fsp3) is 0.308. The third-order valence-corrected chi connectivity index (χ3v) is 3.42. The summed E-state index contributed by atoms with van der Waals surface area (Å²) in [7, 11) is 1.72. The second-order valence-electron chi connectivity index (χ2n) is 4.54. The van der Waals surface area contributed by atoms with Crippen LogP contribution in [0.2, 0.25) is 5.02 Å². The van der Waals surface area contributed by atoms with E-state index >= 15 is 0 Å². The number of halogens is 1. The molecule has 3 N–H and O–H groups in total. The SMILES string of the molecule is Cn1nc(-c2c(O)c(Cl)cc3c2OCCCO3)cc1N. The first-order valence-corrected chi connectivity index (χ1v) is 6.56. The zero-order valence-electron chi connectivity index (χ0n) is 10.9. The summed E-state index contributed by atoms with van der Waals surface area (Å²) in [5.41, 5.74) is 6.68. The average molecular weight is 296 g/mol. The third kappa shape index (κ3) is 2.02. The number of aryl methyl sites for hydroxylation is 1. The lowest BCUT2D eigenvalue weighted by Crippen LogP contribution is -1.98. The summed E-state index contributed by atoms with van der Waals surface area (Å²) in [5, 5.41) is 14.7. The van der Waals surface area contributed by atoms with Crippen LogP contribution in [-0.4, -0.2) is 28.1 Å². The van der Waals surface area contributed by atoms with E-state index in [2.05, 4.69) is 5.10 Å². The molecule has 2 aromatic rings. The molecule has 0 saturated heterocycles. The van der Waals surface area contributed by atoms with Gasteiger partial charge in [0.1, 0.15) is 17.3 Å². The number of rotatable bonds is 1. The fourth-order valence-corrected chi connectivity index (χ4v) is 2.30. The van der Waals surface area contributed by atoms with Gasteiger partial charge < -0.3 is 20.3 Å². The van der Waals surface area contributed by atoms with Crippen molar-refractivity contribution < 1.29 is 14.6 Å². The molecule has 1 aliphatic rings. The minimum absolute atomic E-state index is 0.0889. The van der Waals surface area contributed by atoms with Gasteiger partial charge in [0.15, 0.2) is 11.5 Å². The first-order valence-electron chi connectivity index (χ1n) is 6.19. The highest BCUT2D eigenvalue weighted by molar-refractivity contribution is 6.32. The second kappa shape index (κ2) is 4.79. The predicted molar refractivity (Wildman–Crippen MR) is 75.3 cm³/mol. The molecule has 6 nitrogen and oxygen atoms in total. The van der Waals surface area contributed by atoms with Gasteiger partial charge >= 0.3 is 0 Å². The molecule has 0 fully saturated rings. The predicted octanol–water partition coefficient (Wildman–Crippen LogP) is 2.19. The highest BCUT2D eigenvalue weighted by Gasteiger charge is 2.24. The summed E-state index contributed by atoms with van der Waals surface area (Å²) in [6.07, 6.45) is 0.761. The maximum absolute atomic E-state index is 10.2. The minimum atomic E-state index is -0.0889. The normalized spacial score (nSPS) is 14.1. The van der Waals surface area contributed by atoms with Gasteiger partial charge in [-0.15, -0.1) is 0 Å². The number of nitrogen functional groups attached to an aromatic ring is 1. The summed E-state index contributed by atoms with van der Waals surface area (Å²) in [6.45, 7) is 1.04. The molecule has 7 heteroatoms. The van der Waals surface area contributed by atoms with Gasteiger partial charge in [-0.25, -0.2) is 0 Å². The lowest BCUT2D eigenvalue weighted by atomic mass is 10.1. The second-order valence-corrected chi connectivity index (χ2v) is 4.94. The van der Waals surface area contributed by atoms with Gasteiger partial charge in [0, 0.05) is 25.6 Å². The Hall–Kier alpha value is -2.08. The van der Waals surface area contributed by atoms with Crippen molar-refractivity contribution in [3.63, 3.8) is 0 Å². The van der Waals surface area contributed by atoms with E-state index in [1.807, 2.05) is 0 Å². The van der Waals surface area contributed by atoms with Crippen molar-refractivity contribution in [1.82, 2.24) is 9.78 Å². The molecule has 1 aromatic heterocycles. The zero-order valence-corrected chi connectivity index (χ0v) is 11.6. The van der Waals surface area contributed by atoms with E-state index in [0.717, 1.165) is 6.42 Å². The van der Waals surface area contributed by atoms with E-state index in [0.29, 0.717) is 41.8 Å². The minimum Gasteiger partial charge on any atom is -0.506 e. The van der Waals surface area contributed by atoms with Crippen LogP contribution in [0.15, 0.2) is 12.1 Å². The van der Waals surface area contributed by atoms with E-state index < -0.39 is 0 Å². The molecule has 0 bridgehead atoms. The number of ether oxygens (including phenoxy) is 2. The number of anilines is 1. The van der Waals surface area contributed by atoms with E-state index in [9.17, 15) is 5.11 Å². The Bertz CT molecular complexity index is 650. The van der Waals surface area contributed by atoms with Gasteiger partial charge in [-0.1, -0.05) is 11.6 Å². The number of nitrogens with zero attached hydrogens (tertiary/aromatic N) is 2. The third-order valence-electron chi connectivity index (χ3n) is 3.14. The standard InChI is InChI=1S/C13H14ClN3O3/c1-17-10(15)6-8(16-17)11-12(18)7(14)5-9-13(11)20-4-2-3-19-9/h5-6,18H,2-4,15H2,1H3. The fourth-order valence-electron chi connectivity index (χ4n) is 2.11. The molecule has 0 unspecified atom stereocenters. The lowest BCUT2D eigenvalue weighted by Gasteiger charge is -2.13. The largest absolute Gasteiger partial charge is 0.506 e. The highest BCUT2D eigenvalue weighted by Crippen LogP contribution is 2.48. The molecule has 0 radical (unpaired) electrons. The molecule has 0 amide bonds. The van der Waals surface area contributed by atoms with Crippen molar-refractivity contribution in [2.45, 2.75) is 6.42 Å². The van der Waals surface area contributed by atoms with Gasteiger partial charge in [-0.2, -0.15) is 5.10 Å². The van der Waals surface area contributed by atoms with Gasteiger partial charge in [0.05, 0.1) is 23.8 Å². The average Bonchev–Trinajstić information content (AvgIpc) is 2.62. The van der Waals surface area contributed by atoms with Gasteiger partial charge in [0.2, 0.25) is 0 Å².